The van der Waals surface area contributed by atoms with E-state index in [4.69, 9.17) is 32.7 Å². The predicted octanol–water partition coefficient (Wildman–Crippen LogP) is 4.63. The number of hydrogen-bond acceptors (Lipinski definition) is 3. The van der Waals surface area contributed by atoms with E-state index in [0.717, 1.165) is 11.1 Å². The summed E-state index contributed by atoms with van der Waals surface area (Å²) in [7, 11) is 1.55. The number of aliphatic hydroxyl groups excluding tert-OH is 1. The monoisotopic (exact) mass is 326 g/mol. The van der Waals surface area contributed by atoms with Crippen molar-refractivity contribution in [2.75, 3.05) is 7.11 Å². The van der Waals surface area contributed by atoms with E-state index in [1.54, 1.807) is 50.4 Å². The molecule has 2 aromatic rings. The molecule has 0 amide bonds. The fourth-order valence-corrected chi connectivity index (χ4v) is 2.39. The molecule has 2 rings (SSSR count). The quantitative estimate of drug-likeness (QED) is 0.870. The normalized spacial score (nSPS) is 12.0. The Bertz CT molecular complexity index is 607. The van der Waals surface area contributed by atoms with Gasteiger partial charge in [-0.2, -0.15) is 0 Å². The molecule has 112 valence electrons. The van der Waals surface area contributed by atoms with Crippen molar-refractivity contribution in [2.24, 2.45) is 0 Å². The molecule has 0 bridgehead atoms. The second-order valence-electron chi connectivity index (χ2n) is 4.58. The summed E-state index contributed by atoms with van der Waals surface area (Å²) in [6.07, 6.45) is -0.564. The SMILES string of the molecule is COc1cc([C@H](C)O)ccc1OCc1c(Cl)cccc1Cl. The maximum absolute atomic E-state index is 9.58. The fourth-order valence-electron chi connectivity index (χ4n) is 1.88. The minimum atomic E-state index is -0.564. The van der Waals surface area contributed by atoms with Gasteiger partial charge >= 0.3 is 0 Å². The Hall–Kier alpha value is -1.42. The standard InChI is InChI=1S/C16H16Cl2O3/c1-10(19)11-6-7-15(16(8-11)20-2)21-9-12-13(17)4-3-5-14(12)18/h3-8,10,19H,9H2,1-2H3/t10-/m0/s1. The van der Waals surface area contributed by atoms with Crippen LogP contribution in [0.5, 0.6) is 11.5 Å². The molecule has 2 aromatic carbocycles. The van der Waals surface area contributed by atoms with Crippen LogP contribution in [-0.4, -0.2) is 12.2 Å². The molecule has 0 unspecified atom stereocenters. The van der Waals surface area contributed by atoms with E-state index in [0.29, 0.717) is 21.5 Å². The highest BCUT2D eigenvalue weighted by molar-refractivity contribution is 6.35. The molecule has 0 heterocycles. The van der Waals surface area contributed by atoms with Crippen LogP contribution < -0.4 is 9.47 Å². The van der Waals surface area contributed by atoms with Gasteiger partial charge in [-0.3, -0.25) is 0 Å². The number of rotatable bonds is 5. The molecule has 0 fully saturated rings. The van der Waals surface area contributed by atoms with Crippen LogP contribution in [-0.2, 0) is 6.61 Å². The number of aliphatic hydroxyl groups is 1. The van der Waals surface area contributed by atoms with Gasteiger partial charge in [-0.1, -0.05) is 35.3 Å². The molecule has 0 radical (unpaired) electrons. The van der Waals surface area contributed by atoms with Gasteiger partial charge in [0.15, 0.2) is 11.5 Å². The number of benzene rings is 2. The molecule has 0 aliphatic carbocycles. The van der Waals surface area contributed by atoms with Crippen molar-refractivity contribution in [3.05, 3.63) is 57.6 Å². The zero-order valence-corrected chi connectivity index (χ0v) is 13.3. The molecule has 21 heavy (non-hydrogen) atoms. The van der Waals surface area contributed by atoms with Crippen LogP contribution in [0.15, 0.2) is 36.4 Å². The fraction of sp³-hybridized carbons (Fsp3) is 0.250. The number of ether oxygens (including phenoxy) is 2. The average Bonchev–Trinajstić information content (AvgIpc) is 2.46. The van der Waals surface area contributed by atoms with E-state index in [1.807, 2.05) is 0 Å². The first-order valence-electron chi connectivity index (χ1n) is 6.44. The molecule has 0 spiro atoms. The van der Waals surface area contributed by atoms with Crippen molar-refractivity contribution < 1.29 is 14.6 Å². The van der Waals surface area contributed by atoms with Crippen molar-refractivity contribution in [1.82, 2.24) is 0 Å². The van der Waals surface area contributed by atoms with Gasteiger partial charge in [0.25, 0.3) is 0 Å². The van der Waals surface area contributed by atoms with Crippen LogP contribution in [0.2, 0.25) is 10.0 Å². The molecule has 0 saturated heterocycles. The minimum absolute atomic E-state index is 0.239. The van der Waals surface area contributed by atoms with Crippen molar-refractivity contribution in [1.29, 1.82) is 0 Å². The van der Waals surface area contributed by atoms with E-state index in [9.17, 15) is 5.11 Å². The van der Waals surface area contributed by atoms with Crippen molar-refractivity contribution >= 4 is 23.2 Å². The summed E-state index contributed by atoms with van der Waals surface area (Å²) in [5, 5.41) is 10.7. The molecular formula is C16H16Cl2O3. The first-order valence-corrected chi connectivity index (χ1v) is 7.20. The van der Waals surface area contributed by atoms with Crippen LogP contribution >= 0.6 is 23.2 Å². The second kappa shape index (κ2) is 7.03. The van der Waals surface area contributed by atoms with Crippen LogP contribution in [0, 0.1) is 0 Å². The Labute approximate surface area is 134 Å². The lowest BCUT2D eigenvalue weighted by Crippen LogP contribution is -2.00. The highest BCUT2D eigenvalue weighted by Crippen LogP contribution is 2.32. The summed E-state index contributed by atoms with van der Waals surface area (Å²) < 4.78 is 11.0. The van der Waals surface area contributed by atoms with Crippen molar-refractivity contribution in [3.8, 4) is 11.5 Å². The average molecular weight is 327 g/mol. The Kier molecular flexibility index (Phi) is 5.34. The topological polar surface area (TPSA) is 38.7 Å². The Morgan fingerprint density at radius 3 is 2.33 bits per heavy atom. The summed E-state index contributed by atoms with van der Waals surface area (Å²) in [5.74, 6) is 1.12. The maximum atomic E-state index is 9.58. The summed E-state index contributed by atoms with van der Waals surface area (Å²) in [6, 6.07) is 10.6. The summed E-state index contributed by atoms with van der Waals surface area (Å²) >= 11 is 12.2. The van der Waals surface area contributed by atoms with Crippen molar-refractivity contribution in [3.63, 3.8) is 0 Å². The van der Waals surface area contributed by atoms with E-state index in [2.05, 4.69) is 0 Å². The van der Waals surface area contributed by atoms with Gasteiger partial charge in [0, 0.05) is 15.6 Å². The number of hydrogen-bond donors (Lipinski definition) is 1. The predicted molar refractivity (Wildman–Crippen MR) is 84.4 cm³/mol. The van der Waals surface area contributed by atoms with Gasteiger partial charge in [-0.05, 0) is 36.8 Å². The minimum Gasteiger partial charge on any atom is -0.493 e. The summed E-state index contributed by atoms with van der Waals surface area (Å²) in [4.78, 5) is 0. The van der Waals surface area contributed by atoms with Gasteiger partial charge in [-0.25, -0.2) is 0 Å². The number of halogens is 2. The highest BCUT2D eigenvalue weighted by Gasteiger charge is 2.11. The molecule has 0 aliphatic heterocycles. The van der Waals surface area contributed by atoms with Gasteiger partial charge < -0.3 is 14.6 Å². The van der Waals surface area contributed by atoms with Gasteiger partial charge in [-0.15, -0.1) is 0 Å². The third-order valence-electron chi connectivity index (χ3n) is 3.10. The number of methoxy groups -OCH3 is 1. The lowest BCUT2D eigenvalue weighted by molar-refractivity contribution is 0.198. The third kappa shape index (κ3) is 3.82. The van der Waals surface area contributed by atoms with Gasteiger partial charge in [0.05, 0.1) is 13.2 Å². The lowest BCUT2D eigenvalue weighted by atomic mass is 10.1. The van der Waals surface area contributed by atoms with E-state index >= 15 is 0 Å². The zero-order chi connectivity index (χ0) is 15.4. The molecule has 3 nitrogen and oxygen atoms in total. The van der Waals surface area contributed by atoms with Crippen LogP contribution in [0.3, 0.4) is 0 Å². The zero-order valence-electron chi connectivity index (χ0n) is 11.8. The maximum Gasteiger partial charge on any atom is 0.161 e. The van der Waals surface area contributed by atoms with Crippen LogP contribution in [0.1, 0.15) is 24.2 Å². The first-order chi connectivity index (χ1) is 10.0. The summed E-state index contributed by atoms with van der Waals surface area (Å²) in [6.45, 7) is 1.93. The van der Waals surface area contributed by atoms with Gasteiger partial charge in [0.1, 0.15) is 6.61 Å². The smallest absolute Gasteiger partial charge is 0.161 e. The molecular weight excluding hydrogens is 311 g/mol. The third-order valence-corrected chi connectivity index (χ3v) is 3.81. The Morgan fingerprint density at radius 2 is 1.76 bits per heavy atom. The summed E-state index contributed by atoms with van der Waals surface area (Å²) in [5.41, 5.74) is 1.48. The van der Waals surface area contributed by atoms with E-state index < -0.39 is 6.10 Å². The van der Waals surface area contributed by atoms with Crippen LogP contribution in [0.25, 0.3) is 0 Å². The lowest BCUT2D eigenvalue weighted by Gasteiger charge is -2.14. The molecule has 0 aromatic heterocycles. The Morgan fingerprint density at radius 1 is 1.10 bits per heavy atom. The first kappa shape index (κ1) is 16.0. The molecule has 0 aliphatic rings. The molecule has 5 heteroatoms. The van der Waals surface area contributed by atoms with E-state index in [1.165, 1.54) is 0 Å². The van der Waals surface area contributed by atoms with Crippen LogP contribution in [0.4, 0.5) is 0 Å². The largest absolute Gasteiger partial charge is 0.493 e. The van der Waals surface area contributed by atoms with Gasteiger partial charge in [0.2, 0.25) is 0 Å². The molecule has 1 N–H and O–H groups in total. The molecule has 0 saturated carbocycles. The van der Waals surface area contributed by atoms with E-state index in [-0.39, 0.29) is 6.61 Å². The molecule has 1 atom stereocenters. The Balaban J connectivity index is 2.20. The second-order valence-corrected chi connectivity index (χ2v) is 5.39. The highest BCUT2D eigenvalue weighted by atomic mass is 35.5. The van der Waals surface area contributed by atoms with Crippen molar-refractivity contribution in [2.45, 2.75) is 19.6 Å².